The molecule has 0 unspecified atom stereocenters. The van der Waals surface area contributed by atoms with Crippen LogP contribution >= 0.6 is 0 Å². The Morgan fingerprint density at radius 2 is 1.51 bits per heavy atom. The maximum Gasteiger partial charge on any atom is 0.252 e. The third-order valence-corrected chi connectivity index (χ3v) is 8.24. The number of carbonyl (C=O) groups excluding carboxylic acids is 1. The first-order chi connectivity index (χ1) is 18.2. The van der Waals surface area contributed by atoms with Gasteiger partial charge in [-0.1, -0.05) is 100 Å². The van der Waals surface area contributed by atoms with Crippen molar-refractivity contribution in [2.45, 2.75) is 96.6 Å². The molecule has 2 N–H and O–H groups in total. The van der Waals surface area contributed by atoms with Crippen molar-refractivity contribution in [3.63, 3.8) is 0 Å². The maximum atomic E-state index is 13.0. The number of fused-ring (bicyclic) bond motifs is 1. The van der Waals surface area contributed by atoms with E-state index in [0.717, 1.165) is 48.2 Å². The number of hydrogen-bond donors (Lipinski definition) is 2. The second-order valence-corrected chi connectivity index (χ2v) is 11.1. The fourth-order valence-electron chi connectivity index (χ4n) is 5.90. The molecule has 3 heteroatoms. The second kappa shape index (κ2) is 14.3. The maximum absolute atomic E-state index is 13.0. The van der Waals surface area contributed by atoms with E-state index >= 15 is 0 Å². The van der Waals surface area contributed by atoms with Crippen LogP contribution in [-0.2, 0) is 6.54 Å². The van der Waals surface area contributed by atoms with E-state index in [1.807, 2.05) is 30.3 Å². The van der Waals surface area contributed by atoms with Crippen LogP contribution in [0, 0.1) is 5.92 Å². The molecular weight excluding hydrogens is 452 g/mol. The molecule has 0 spiro atoms. The lowest BCUT2D eigenvalue weighted by atomic mass is 9.85. The van der Waals surface area contributed by atoms with Crippen molar-refractivity contribution in [2.24, 2.45) is 5.92 Å². The van der Waals surface area contributed by atoms with Crippen molar-refractivity contribution in [3.8, 4) is 0 Å². The number of amides is 1. The van der Waals surface area contributed by atoms with Gasteiger partial charge >= 0.3 is 0 Å². The van der Waals surface area contributed by atoms with Crippen molar-refractivity contribution < 1.29 is 4.79 Å². The normalized spacial score (nSPS) is 17.8. The predicted octanol–water partition coefficient (Wildman–Crippen LogP) is 8.38. The van der Waals surface area contributed by atoms with Gasteiger partial charge in [0, 0.05) is 18.2 Å². The molecule has 3 aromatic carbocycles. The molecule has 4 rings (SSSR count). The molecule has 1 saturated carbocycles. The summed E-state index contributed by atoms with van der Waals surface area (Å²) in [6.45, 7) is 6.58. The van der Waals surface area contributed by atoms with Crippen LogP contribution in [0.1, 0.15) is 105 Å². The molecule has 37 heavy (non-hydrogen) atoms. The molecule has 198 valence electrons. The fraction of sp³-hybridized carbons (Fsp3) is 0.500. The van der Waals surface area contributed by atoms with E-state index in [4.69, 9.17) is 0 Å². The minimum atomic E-state index is 0.0634. The SMILES string of the molecule is CCCCC(CCCC)c1ccc(CNCC2CCC(NC(=O)c3cccc4ccccc34)CC2)cc1. The lowest BCUT2D eigenvalue weighted by molar-refractivity contribution is 0.0923. The summed E-state index contributed by atoms with van der Waals surface area (Å²) in [7, 11) is 0. The summed E-state index contributed by atoms with van der Waals surface area (Å²) in [5.74, 6) is 1.48. The van der Waals surface area contributed by atoms with E-state index in [9.17, 15) is 4.79 Å². The van der Waals surface area contributed by atoms with Gasteiger partial charge in [0.1, 0.15) is 0 Å². The molecule has 3 aromatic rings. The molecule has 0 bridgehead atoms. The van der Waals surface area contributed by atoms with Gasteiger partial charge in [0.15, 0.2) is 0 Å². The number of carbonyl (C=O) groups is 1. The smallest absolute Gasteiger partial charge is 0.252 e. The Bertz CT molecular complexity index is 1090. The summed E-state index contributed by atoms with van der Waals surface area (Å²) in [5.41, 5.74) is 3.69. The standard InChI is InChI=1S/C34H46N2O/c1-3-5-10-28(11-6-4-2)29-20-16-26(17-21-29)24-35-25-27-18-22-31(23-19-27)36-34(37)33-15-9-13-30-12-7-8-14-32(30)33/h7-9,12-17,20-21,27-28,31,35H,3-6,10-11,18-19,22-25H2,1-2H3,(H,36,37). The lowest BCUT2D eigenvalue weighted by Crippen LogP contribution is -2.39. The van der Waals surface area contributed by atoms with Gasteiger partial charge in [0.2, 0.25) is 0 Å². The van der Waals surface area contributed by atoms with Crippen molar-refractivity contribution in [2.75, 3.05) is 6.54 Å². The first kappa shape index (κ1) is 27.4. The third-order valence-electron chi connectivity index (χ3n) is 8.24. The Morgan fingerprint density at radius 3 is 2.22 bits per heavy atom. The predicted molar refractivity (Wildman–Crippen MR) is 157 cm³/mol. The van der Waals surface area contributed by atoms with Crippen molar-refractivity contribution in [1.82, 2.24) is 10.6 Å². The average Bonchev–Trinajstić information content (AvgIpc) is 2.94. The second-order valence-electron chi connectivity index (χ2n) is 11.1. The van der Waals surface area contributed by atoms with Gasteiger partial charge in [-0.2, -0.15) is 0 Å². The van der Waals surface area contributed by atoms with Gasteiger partial charge in [0.05, 0.1) is 0 Å². The minimum Gasteiger partial charge on any atom is -0.349 e. The van der Waals surface area contributed by atoms with Crippen LogP contribution in [0.2, 0.25) is 0 Å². The molecule has 0 radical (unpaired) electrons. The van der Waals surface area contributed by atoms with E-state index in [1.165, 1.54) is 62.5 Å². The van der Waals surface area contributed by atoms with Gasteiger partial charge in [0.25, 0.3) is 5.91 Å². The molecule has 1 fully saturated rings. The van der Waals surface area contributed by atoms with Gasteiger partial charge in [-0.05, 0) is 84.9 Å². The highest BCUT2D eigenvalue weighted by Gasteiger charge is 2.23. The van der Waals surface area contributed by atoms with Crippen molar-refractivity contribution in [3.05, 3.63) is 83.4 Å². The zero-order valence-corrected chi connectivity index (χ0v) is 23.0. The Kier molecular flexibility index (Phi) is 10.6. The lowest BCUT2D eigenvalue weighted by Gasteiger charge is -2.29. The van der Waals surface area contributed by atoms with Crippen molar-refractivity contribution >= 4 is 16.7 Å². The largest absolute Gasteiger partial charge is 0.349 e. The number of rotatable bonds is 13. The Hall–Kier alpha value is -2.65. The highest BCUT2D eigenvalue weighted by molar-refractivity contribution is 6.07. The molecule has 1 amide bonds. The van der Waals surface area contributed by atoms with E-state index in [-0.39, 0.29) is 11.9 Å². The van der Waals surface area contributed by atoms with Gasteiger partial charge < -0.3 is 10.6 Å². The van der Waals surface area contributed by atoms with E-state index < -0.39 is 0 Å². The van der Waals surface area contributed by atoms with Crippen LogP contribution in [0.15, 0.2) is 66.7 Å². The van der Waals surface area contributed by atoms with Crippen LogP contribution in [0.4, 0.5) is 0 Å². The summed E-state index contributed by atoms with van der Waals surface area (Å²) < 4.78 is 0. The third kappa shape index (κ3) is 7.92. The number of unbranched alkanes of at least 4 members (excludes halogenated alkanes) is 2. The fourth-order valence-corrected chi connectivity index (χ4v) is 5.90. The monoisotopic (exact) mass is 498 g/mol. The molecule has 1 aliphatic rings. The minimum absolute atomic E-state index is 0.0634. The summed E-state index contributed by atoms with van der Waals surface area (Å²) >= 11 is 0. The van der Waals surface area contributed by atoms with E-state index in [1.54, 1.807) is 0 Å². The molecule has 0 aliphatic heterocycles. The van der Waals surface area contributed by atoms with Crippen LogP contribution in [0.3, 0.4) is 0 Å². The molecule has 0 aromatic heterocycles. The van der Waals surface area contributed by atoms with E-state index in [2.05, 4.69) is 60.9 Å². The quantitative estimate of drug-likeness (QED) is 0.248. The summed E-state index contributed by atoms with van der Waals surface area (Å²) in [6, 6.07) is 23.8. The Morgan fingerprint density at radius 1 is 0.838 bits per heavy atom. The molecule has 0 heterocycles. The van der Waals surface area contributed by atoms with Gasteiger partial charge in [-0.25, -0.2) is 0 Å². The van der Waals surface area contributed by atoms with Crippen LogP contribution < -0.4 is 10.6 Å². The van der Waals surface area contributed by atoms with E-state index in [0.29, 0.717) is 5.92 Å². The summed E-state index contributed by atoms with van der Waals surface area (Å²) in [4.78, 5) is 13.0. The first-order valence-electron chi connectivity index (χ1n) is 14.8. The molecule has 0 saturated heterocycles. The van der Waals surface area contributed by atoms with Gasteiger partial charge in [-0.15, -0.1) is 0 Å². The average molecular weight is 499 g/mol. The molecule has 3 nitrogen and oxygen atoms in total. The summed E-state index contributed by atoms with van der Waals surface area (Å²) in [5, 5.41) is 9.16. The first-order valence-corrected chi connectivity index (χ1v) is 14.8. The Labute approximate surface area is 224 Å². The topological polar surface area (TPSA) is 41.1 Å². The van der Waals surface area contributed by atoms with Crippen molar-refractivity contribution in [1.29, 1.82) is 0 Å². The molecule has 0 atom stereocenters. The highest BCUT2D eigenvalue weighted by atomic mass is 16.1. The summed E-state index contributed by atoms with van der Waals surface area (Å²) in [6.07, 6.45) is 12.3. The zero-order valence-electron chi connectivity index (χ0n) is 23.0. The highest BCUT2D eigenvalue weighted by Crippen LogP contribution is 2.28. The number of nitrogens with one attached hydrogen (secondary N) is 2. The number of hydrogen-bond acceptors (Lipinski definition) is 2. The zero-order chi connectivity index (χ0) is 25.9. The van der Waals surface area contributed by atoms with Crippen LogP contribution in [-0.4, -0.2) is 18.5 Å². The van der Waals surface area contributed by atoms with Crippen LogP contribution in [0.5, 0.6) is 0 Å². The van der Waals surface area contributed by atoms with Gasteiger partial charge in [-0.3, -0.25) is 4.79 Å². The molecule has 1 aliphatic carbocycles. The Balaban J connectivity index is 1.19. The van der Waals surface area contributed by atoms with Crippen LogP contribution in [0.25, 0.3) is 10.8 Å². The number of benzene rings is 3. The molecular formula is C34H46N2O.